The van der Waals surface area contributed by atoms with E-state index < -0.39 is 22.0 Å². The minimum absolute atomic E-state index is 0.102. The van der Waals surface area contributed by atoms with Crippen molar-refractivity contribution in [1.82, 2.24) is 4.72 Å². The Morgan fingerprint density at radius 3 is 2.50 bits per heavy atom. The van der Waals surface area contributed by atoms with Crippen LogP contribution in [0.1, 0.15) is 28.9 Å². The zero-order valence-electron chi connectivity index (χ0n) is 14.6. The van der Waals surface area contributed by atoms with Gasteiger partial charge in [0.05, 0.1) is 17.1 Å². The van der Waals surface area contributed by atoms with Gasteiger partial charge in [-0.15, -0.1) is 0 Å². The lowest BCUT2D eigenvalue weighted by molar-refractivity contribution is 0.0697. The summed E-state index contributed by atoms with van der Waals surface area (Å²) in [5.74, 6) is -1.21. The Labute approximate surface area is 153 Å². The molecule has 2 rings (SSSR count). The number of hydrogen-bond donors (Lipinski definition) is 3. The van der Waals surface area contributed by atoms with Crippen LogP contribution in [0.3, 0.4) is 0 Å². The summed E-state index contributed by atoms with van der Waals surface area (Å²) in [5.41, 5.74) is 1.04. The van der Waals surface area contributed by atoms with Crippen LogP contribution in [0.5, 0.6) is 0 Å². The summed E-state index contributed by atoms with van der Waals surface area (Å²) in [6.45, 7) is 2.53. The predicted molar refractivity (Wildman–Crippen MR) is 98.9 cm³/mol. The van der Waals surface area contributed by atoms with E-state index in [1.54, 1.807) is 6.92 Å². The van der Waals surface area contributed by atoms with Crippen molar-refractivity contribution in [3.05, 3.63) is 59.7 Å². The standard InChI is InChI=1S/C18H22N2O5S/c1-13(14-6-4-3-5-7-14)20-26(23,24)15-8-9-17(19-10-11-25-2)16(12-15)18(21)22/h3-9,12-13,19-20H,10-11H2,1-2H3,(H,21,22). The van der Waals surface area contributed by atoms with E-state index in [1.165, 1.54) is 19.2 Å². The van der Waals surface area contributed by atoms with Crippen molar-refractivity contribution in [2.24, 2.45) is 0 Å². The highest BCUT2D eigenvalue weighted by molar-refractivity contribution is 7.89. The van der Waals surface area contributed by atoms with Crippen molar-refractivity contribution in [3.8, 4) is 0 Å². The number of aromatic carboxylic acids is 1. The third-order valence-electron chi connectivity index (χ3n) is 3.78. The first-order valence-corrected chi connectivity index (χ1v) is 9.51. The maximum Gasteiger partial charge on any atom is 0.337 e. The predicted octanol–water partition coefficient (Wildman–Crippen LogP) is 2.48. The highest BCUT2D eigenvalue weighted by atomic mass is 32.2. The first-order chi connectivity index (χ1) is 12.3. The van der Waals surface area contributed by atoms with Gasteiger partial charge in [-0.25, -0.2) is 17.9 Å². The van der Waals surface area contributed by atoms with Gasteiger partial charge in [-0.3, -0.25) is 0 Å². The maximum atomic E-state index is 12.6. The fourth-order valence-electron chi connectivity index (χ4n) is 2.42. The number of hydrogen-bond acceptors (Lipinski definition) is 5. The number of sulfonamides is 1. The molecule has 0 aliphatic rings. The van der Waals surface area contributed by atoms with Crippen LogP contribution in [0, 0.1) is 0 Å². The molecule has 0 bridgehead atoms. The number of nitrogens with one attached hydrogen (secondary N) is 2. The summed E-state index contributed by atoms with van der Waals surface area (Å²) >= 11 is 0. The Bertz CT molecular complexity index is 853. The molecule has 3 N–H and O–H groups in total. The summed E-state index contributed by atoms with van der Waals surface area (Å²) in [6.07, 6.45) is 0. The smallest absolute Gasteiger partial charge is 0.337 e. The molecule has 0 aliphatic heterocycles. The molecule has 26 heavy (non-hydrogen) atoms. The number of carboxylic acid groups (broad SMARTS) is 1. The molecule has 1 unspecified atom stereocenters. The largest absolute Gasteiger partial charge is 0.478 e. The number of carbonyl (C=O) groups is 1. The van der Waals surface area contributed by atoms with Gasteiger partial charge >= 0.3 is 5.97 Å². The summed E-state index contributed by atoms with van der Waals surface area (Å²) in [4.78, 5) is 11.4. The second-order valence-electron chi connectivity index (χ2n) is 5.69. The molecule has 0 heterocycles. The van der Waals surface area contributed by atoms with E-state index in [4.69, 9.17) is 4.74 Å². The van der Waals surface area contributed by atoms with E-state index in [2.05, 4.69) is 10.0 Å². The Kier molecular flexibility index (Phi) is 6.73. The van der Waals surface area contributed by atoms with Crippen LogP contribution < -0.4 is 10.0 Å². The molecule has 0 saturated carbocycles. The molecular weight excluding hydrogens is 356 g/mol. The molecule has 0 radical (unpaired) electrons. The van der Waals surface area contributed by atoms with E-state index in [0.717, 1.165) is 11.6 Å². The second kappa shape index (κ2) is 8.79. The Morgan fingerprint density at radius 2 is 1.88 bits per heavy atom. The SMILES string of the molecule is COCCNc1ccc(S(=O)(=O)NC(C)c2ccccc2)cc1C(=O)O. The van der Waals surface area contributed by atoms with Gasteiger partial charge in [-0.1, -0.05) is 30.3 Å². The fraction of sp³-hybridized carbons (Fsp3) is 0.278. The summed E-state index contributed by atoms with van der Waals surface area (Å²) < 4.78 is 32.7. The first-order valence-electron chi connectivity index (χ1n) is 8.02. The Hall–Kier alpha value is -2.42. The molecule has 2 aromatic rings. The molecular formula is C18H22N2O5S. The lowest BCUT2D eigenvalue weighted by atomic mass is 10.1. The fourth-order valence-corrected chi connectivity index (χ4v) is 3.68. The molecule has 1 atom stereocenters. The van der Waals surface area contributed by atoms with Gasteiger partial charge in [0.2, 0.25) is 10.0 Å². The van der Waals surface area contributed by atoms with Gasteiger partial charge in [-0.2, -0.15) is 0 Å². The molecule has 0 aliphatic carbocycles. The van der Waals surface area contributed by atoms with Crippen molar-refractivity contribution in [3.63, 3.8) is 0 Å². The highest BCUT2D eigenvalue weighted by Gasteiger charge is 2.21. The number of benzene rings is 2. The van der Waals surface area contributed by atoms with Gasteiger partial charge in [0.15, 0.2) is 0 Å². The number of carboxylic acids is 1. The molecule has 0 aromatic heterocycles. The van der Waals surface area contributed by atoms with Gasteiger partial charge in [0, 0.05) is 25.4 Å². The minimum Gasteiger partial charge on any atom is -0.478 e. The van der Waals surface area contributed by atoms with E-state index in [0.29, 0.717) is 18.8 Å². The van der Waals surface area contributed by atoms with Crippen molar-refractivity contribution in [2.75, 3.05) is 25.6 Å². The van der Waals surface area contributed by atoms with Crippen LogP contribution in [-0.4, -0.2) is 39.8 Å². The van der Waals surface area contributed by atoms with Crippen LogP contribution in [0.4, 0.5) is 5.69 Å². The number of rotatable bonds is 9. The first kappa shape index (κ1) is 19.9. The zero-order valence-corrected chi connectivity index (χ0v) is 15.4. The third kappa shape index (κ3) is 5.04. The normalized spacial score (nSPS) is 12.5. The average Bonchev–Trinajstić information content (AvgIpc) is 2.62. The number of anilines is 1. The van der Waals surface area contributed by atoms with E-state index >= 15 is 0 Å². The number of methoxy groups -OCH3 is 1. The van der Waals surface area contributed by atoms with Crippen molar-refractivity contribution in [2.45, 2.75) is 17.9 Å². The quantitative estimate of drug-likeness (QED) is 0.579. The van der Waals surface area contributed by atoms with Crippen LogP contribution >= 0.6 is 0 Å². The molecule has 8 heteroatoms. The summed E-state index contributed by atoms with van der Waals surface area (Å²) in [6, 6.07) is 12.7. The zero-order chi connectivity index (χ0) is 19.2. The van der Waals surface area contributed by atoms with Crippen LogP contribution in [0.15, 0.2) is 53.4 Å². The third-order valence-corrected chi connectivity index (χ3v) is 5.32. The van der Waals surface area contributed by atoms with Gasteiger partial charge in [-0.05, 0) is 30.7 Å². The molecule has 0 fully saturated rings. The van der Waals surface area contributed by atoms with Gasteiger partial charge in [0.25, 0.3) is 0 Å². The van der Waals surface area contributed by atoms with Crippen LogP contribution in [-0.2, 0) is 14.8 Å². The lowest BCUT2D eigenvalue weighted by Gasteiger charge is -2.16. The molecule has 0 amide bonds. The maximum absolute atomic E-state index is 12.6. The summed E-state index contributed by atoms with van der Waals surface area (Å²) in [7, 11) is -2.33. The van der Waals surface area contributed by atoms with Crippen molar-refractivity contribution in [1.29, 1.82) is 0 Å². The molecule has 0 spiro atoms. The topological polar surface area (TPSA) is 105 Å². The average molecular weight is 378 g/mol. The van der Waals surface area contributed by atoms with Crippen LogP contribution in [0.2, 0.25) is 0 Å². The van der Waals surface area contributed by atoms with E-state index in [-0.39, 0.29) is 10.5 Å². The van der Waals surface area contributed by atoms with Crippen molar-refractivity contribution >= 4 is 21.7 Å². The van der Waals surface area contributed by atoms with Gasteiger partial charge in [0.1, 0.15) is 0 Å². The highest BCUT2D eigenvalue weighted by Crippen LogP contribution is 2.22. The Morgan fingerprint density at radius 1 is 1.19 bits per heavy atom. The minimum atomic E-state index is -3.87. The van der Waals surface area contributed by atoms with Crippen LogP contribution in [0.25, 0.3) is 0 Å². The van der Waals surface area contributed by atoms with E-state index in [9.17, 15) is 18.3 Å². The Balaban J connectivity index is 2.25. The second-order valence-corrected chi connectivity index (χ2v) is 7.40. The van der Waals surface area contributed by atoms with Crippen molar-refractivity contribution < 1.29 is 23.1 Å². The molecule has 0 saturated heterocycles. The molecule has 140 valence electrons. The lowest BCUT2D eigenvalue weighted by Crippen LogP contribution is -2.27. The monoisotopic (exact) mass is 378 g/mol. The molecule has 7 nitrogen and oxygen atoms in total. The summed E-state index contributed by atoms with van der Waals surface area (Å²) in [5, 5.41) is 12.3. The van der Waals surface area contributed by atoms with E-state index in [1.807, 2.05) is 30.3 Å². The molecule has 2 aromatic carbocycles. The van der Waals surface area contributed by atoms with Gasteiger partial charge < -0.3 is 15.2 Å². The number of ether oxygens (including phenoxy) is 1.